The quantitative estimate of drug-likeness (QED) is 0.606. The lowest BCUT2D eigenvalue weighted by Crippen LogP contribution is -2.22. The summed E-state index contributed by atoms with van der Waals surface area (Å²) in [5.74, 6) is 0. The average molecular weight is 233 g/mol. The van der Waals surface area contributed by atoms with Crippen molar-refractivity contribution in [1.82, 2.24) is 4.90 Å². The minimum atomic E-state index is 0.844. The third-order valence-electron chi connectivity index (χ3n) is 3.37. The van der Waals surface area contributed by atoms with E-state index in [1.807, 2.05) is 12.1 Å². The zero-order chi connectivity index (χ0) is 12.1. The van der Waals surface area contributed by atoms with Crippen LogP contribution in [0.1, 0.15) is 24.8 Å². The van der Waals surface area contributed by atoms with Crippen LogP contribution in [-0.2, 0) is 0 Å². The number of nitrogens with two attached hydrogens (primary N) is 1. The Bertz CT molecular complexity index is 356. The molecule has 0 atom stereocenters. The Kier molecular flexibility index (Phi) is 4.26. The number of nitrogen functional groups attached to an aromatic ring is 1. The lowest BCUT2D eigenvalue weighted by molar-refractivity contribution is 0.337. The number of hydrogen-bond acceptors (Lipinski definition) is 3. The van der Waals surface area contributed by atoms with Gasteiger partial charge in [-0.2, -0.15) is 0 Å². The molecule has 0 bridgehead atoms. The molecule has 1 aliphatic rings. The molecule has 1 aromatic rings. The number of rotatable bonds is 5. The largest absolute Gasteiger partial charge is 0.397 e. The number of anilines is 2. The van der Waals surface area contributed by atoms with Gasteiger partial charge >= 0.3 is 0 Å². The van der Waals surface area contributed by atoms with E-state index in [1.165, 1.54) is 44.5 Å². The SMILES string of the molecule is Cc1ccc(N)c(NCCCN2CCCC2)c1. The maximum atomic E-state index is 5.92. The van der Waals surface area contributed by atoms with Crippen molar-refractivity contribution in [3.05, 3.63) is 23.8 Å². The molecule has 1 fully saturated rings. The van der Waals surface area contributed by atoms with Crippen LogP contribution in [0.2, 0.25) is 0 Å². The summed E-state index contributed by atoms with van der Waals surface area (Å²) in [4.78, 5) is 2.54. The number of likely N-dealkylation sites (tertiary alicyclic amines) is 1. The number of nitrogens with zero attached hydrogens (tertiary/aromatic N) is 1. The zero-order valence-corrected chi connectivity index (χ0v) is 10.7. The summed E-state index contributed by atoms with van der Waals surface area (Å²) in [6.45, 7) is 6.87. The Morgan fingerprint density at radius 2 is 2.06 bits per heavy atom. The predicted molar refractivity (Wildman–Crippen MR) is 74.4 cm³/mol. The van der Waals surface area contributed by atoms with E-state index in [-0.39, 0.29) is 0 Å². The predicted octanol–water partition coefficient (Wildman–Crippen LogP) is 2.48. The van der Waals surface area contributed by atoms with Gasteiger partial charge in [-0.25, -0.2) is 0 Å². The highest BCUT2D eigenvalue weighted by Crippen LogP contribution is 2.19. The molecule has 17 heavy (non-hydrogen) atoms. The van der Waals surface area contributed by atoms with Gasteiger partial charge in [-0.1, -0.05) is 6.07 Å². The van der Waals surface area contributed by atoms with Crippen LogP contribution in [0.25, 0.3) is 0 Å². The van der Waals surface area contributed by atoms with Crippen LogP contribution in [0.4, 0.5) is 11.4 Å². The molecule has 0 aromatic heterocycles. The molecule has 0 radical (unpaired) electrons. The lowest BCUT2D eigenvalue weighted by atomic mass is 10.2. The highest BCUT2D eigenvalue weighted by molar-refractivity contribution is 5.66. The molecular formula is C14H23N3. The molecule has 3 N–H and O–H groups in total. The van der Waals surface area contributed by atoms with Crippen molar-refractivity contribution in [2.45, 2.75) is 26.2 Å². The molecule has 3 heteroatoms. The van der Waals surface area contributed by atoms with Crippen molar-refractivity contribution >= 4 is 11.4 Å². The van der Waals surface area contributed by atoms with E-state index >= 15 is 0 Å². The Morgan fingerprint density at radius 1 is 1.29 bits per heavy atom. The van der Waals surface area contributed by atoms with Gasteiger partial charge in [0.05, 0.1) is 11.4 Å². The molecule has 94 valence electrons. The second kappa shape index (κ2) is 5.92. The maximum absolute atomic E-state index is 5.92. The van der Waals surface area contributed by atoms with Crippen LogP contribution in [0.15, 0.2) is 18.2 Å². The van der Waals surface area contributed by atoms with Crippen molar-refractivity contribution in [2.75, 3.05) is 37.2 Å². The topological polar surface area (TPSA) is 41.3 Å². The summed E-state index contributed by atoms with van der Waals surface area (Å²) in [7, 11) is 0. The van der Waals surface area contributed by atoms with Gasteiger partial charge in [-0.05, 0) is 63.5 Å². The van der Waals surface area contributed by atoms with Crippen LogP contribution < -0.4 is 11.1 Å². The van der Waals surface area contributed by atoms with Crippen LogP contribution in [-0.4, -0.2) is 31.1 Å². The van der Waals surface area contributed by atoms with Crippen molar-refractivity contribution in [1.29, 1.82) is 0 Å². The Hall–Kier alpha value is -1.22. The molecule has 0 aliphatic carbocycles. The van der Waals surface area contributed by atoms with Gasteiger partial charge in [0.1, 0.15) is 0 Å². The number of nitrogens with one attached hydrogen (secondary N) is 1. The molecule has 1 heterocycles. The van der Waals surface area contributed by atoms with Gasteiger partial charge in [0.25, 0.3) is 0 Å². The Morgan fingerprint density at radius 3 is 2.82 bits per heavy atom. The fraction of sp³-hybridized carbons (Fsp3) is 0.571. The molecule has 0 amide bonds. The van der Waals surface area contributed by atoms with Crippen molar-refractivity contribution in [3.63, 3.8) is 0 Å². The molecule has 1 aliphatic heterocycles. The first-order valence-electron chi connectivity index (χ1n) is 6.58. The van der Waals surface area contributed by atoms with Crippen LogP contribution in [0.5, 0.6) is 0 Å². The zero-order valence-electron chi connectivity index (χ0n) is 10.7. The summed E-state index contributed by atoms with van der Waals surface area (Å²) in [5, 5.41) is 3.43. The third kappa shape index (κ3) is 3.63. The Balaban J connectivity index is 1.72. The van der Waals surface area contributed by atoms with Crippen LogP contribution >= 0.6 is 0 Å². The van der Waals surface area contributed by atoms with E-state index < -0.39 is 0 Å². The molecule has 0 unspecified atom stereocenters. The van der Waals surface area contributed by atoms with E-state index in [0.717, 1.165) is 17.9 Å². The standard InChI is InChI=1S/C14H23N3/c1-12-5-6-13(15)14(11-12)16-7-4-10-17-8-2-3-9-17/h5-6,11,16H,2-4,7-10,15H2,1H3. The van der Waals surface area contributed by atoms with Crippen molar-refractivity contribution in [3.8, 4) is 0 Å². The Labute approximate surface area is 104 Å². The van der Waals surface area contributed by atoms with Crippen LogP contribution in [0, 0.1) is 6.92 Å². The van der Waals surface area contributed by atoms with E-state index in [1.54, 1.807) is 0 Å². The summed E-state index contributed by atoms with van der Waals surface area (Å²) in [6.07, 6.45) is 3.93. The van der Waals surface area contributed by atoms with Crippen molar-refractivity contribution in [2.24, 2.45) is 0 Å². The third-order valence-corrected chi connectivity index (χ3v) is 3.37. The molecular weight excluding hydrogens is 210 g/mol. The highest BCUT2D eigenvalue weighted by Gasteiger charge is 2.10. The monoisotopic (exact) mass is 233 g/mol. The van der Waals surface area contributed by atoms with Gasteiger partial charge < -0.3 is 16.0 Å². The minimum absolute atomic E-state index is 0.844. The number of aryl methyl sites for hydroxylation is 1. The number of benzene rings is 1. The lowest BCUT2D eigenvalue weighted by Gasteiger charge is -2.15. The van der Waals surface area contributed by atoms with Gasteiger partial charge in [0.15, 0.2) is 0 Å². The molecule has 0 spiro atoms. The first-order valence-corrected chi connectivity index (χ1v) is 6.58. The molecule has 0 saturated carbocycles. The van der Waals surface area contributed by atoms with Gasteiger partial charge in [0.2, 0.25) is 0 Å². The number of hydrogen-bond donors (Lipinski definition) is 2. The van der Waals surface area contributed by atoms with Gasteiger partial charge in [-0.3, -0.25) is 0 Å². The summed E-state index contributed by atoms with van der Waals surface area (Å²) in [6, 6.07) is 6.13. The second-order valence-electron chi connectivity index (χ2n) is 4.92. The fourth-order valence-electron chi connectivity index (χ4n) is 2.36. The smallest absolute Gasteiger partial charge is 0.0576 e. The summed E-state index contributed by atoms with van der Waals surface area (Å²) < 4.78 is 0. The van der Waals surface area contributed by atoms with Crippen LogP contribution in [0.3, 0.4) is 0 Å². The second-order valence-corrected chi connectivity index (χ2v) is 4.92. The van der Waals surface area contributed by atoms with E-state index in [2.05, 4.69) is 23.2 Å². The average Bonchev–Trinajstić information content (AvgIpc) is 2.82. The molecule has 3 nitrogen and oxygen atoms in total. The van der Waals surface area contributed by atoms with E-state index in [4.69, 9.17) is 5.73 Å². The van der Waals surface area contributed by atoms with Gasteiger partial charge in [-0.15, -0.1) is 0 Å². The minimum Gasteiger partial charge on any atom is -0.397 e. The first kappa shape index (κ1) is 12.2. The summed E-state index contributed by atoms with van der Waals surface area (Å²) >= 11 is 0. The highest BCUT2D eigenvalue weighted by atomic mass is 15.1. The van der Waals surface area contributed by atoms with Gasteiger partial charge in [0, 0.05) is 6.54 Å². The maximum Gasteiger partial charge on any atom is 0.0576 e. The fourth-order valence-corrected chi connectivity index (χ4v) is 2.36. The molecule has 1 saturated heterocycles. The van der Waals surface area contributed by atoms with E-state index in [9.17, 15) is 0 Å². The first-order chi connectivity index (χ1) is 8.25. The van der Waals surface area contributed by atoms with E-state index in [0.29, 0.717) is 0 Å². The summed E-state index contributed by atoms with van der Waals surface area (Å²) in [5.41, 5.74) is 9.09. The molecule has 2 rings (SSSR count). The van der Waals surface area contributed by atoms with Crippen molar-refractivity contribution < 1.29 is 0 Å². The molecule has 1 aromatic carbocycles. The normalized spacial score (nSPS) is 16.3.